The minimum absolute atomic E-state index is 0.0258. The maximum atomic E-state index is 13.8. The Hall–Kier alpha value is -1.65. The second kappa shape index (κ2) is 6.20. The normalized spacial score (nSPS) is 11.9. The van der Waals surface area contributed by atoms with Crippen molar-refractivity contribution in [3.8, 4) is 0 Å². The third-order valence-corrected chi connectivity index (χ3v) is 3.46. The molecule has 0 aliphatic heterocycles. The molecule has 104 valence electrons. The zero-order chi connectivity index (χ0) is 14.7. The molecule has 1 atom stereocenters. The maximum Gasteiger partial charge on any atom is 0.135 e. The molecule has 0 radical (unpaired) electrons. The second-order valence-electron chi connectivity index (χ2n) is 4.44. The van der Waals surface area contributed by atoms with Gasteiger partial charge in [-0.3, -0.25) is 0 Å². The lowest BCUT2D eigenvalue weighted by Gasteiger charge is -2.18. The molecule has 2 aromatic carbocycles. The summed E-state index contributed by atoms with van der Waals surface area (Å²) in [5.74, 6) is -0.425. The Labute approximate surface area is 127 Å². The van der Waals surface area contributed by atoms with Gasteiger partial charge in [-0.15, -0.1) is 0 Å². The number of anilines is 1. The van der Waals surface area contributed by atoms with Gasteiger partial charge in [-0.2, -0.15) is 0 Å². The minimum Gasteiger partial charge on any atom is -0.389 e. The van der Waals surface area contributed by atoms with E-state index < -0.39 is 5.82 Å². The van der Waals surface area contributed by atoms with Gasteiger partial charge in [0, 0.05) is 16.8 Å². The van der Waals surface area contributed by atoms with Gasteiger partial charge in [0.05, 0.1) is 5.56 Å². The summed E-state index contributed by atoms with van der Waals surface area (Å²) in [6.07, 6.45) is 0. The van der Waals surface area contributed by atoms with E-state index in [9.17, 15) is 4.39 Å². The number of hydrogen-bond acceptors (Lipinski definition) is 2. The van der Waals surface area contributed by atoms with Crippen molar-refractivity contribution in [3.05, 3.63) is 64.4 Å². The Balaban J connectivity index is 2.28. The fraction of sp³-hybridized carbons (Fsp3) is 0.133. The van der Waals surface area contributed by atoms with Crippen molar-refractivity contribution >= 4 is 34.5 Å². The largest absolute Gasteiger partial charge is 0.389 e. The highest BCUT2D eigenvalue weighted by Gasteiger charge is 2.13. The summed E-state index contributed by atoms with van der Waals surface area (Å²) in [5, 5.41) is 3.89. The lowest BCUT2D eigenvalue weighted by molar-refractivity contribution is 0.625. The van der Waals surface area contributed by atoms with Crippen LogP contribution in [0.5, 0.6) is 0 Å². The Morgan fingerprint density at radius 2 is 1.90 bits per heavy atom. The highest BCUT2D eigenvalue weighted by atomic mass is 35.5. The van der Waals surface area contributed by atoms with E-state index >= 15 is 0 Å². The van der Waals surface area contributed by atoms with E-state index in [0.717, 1.165) is 5.56 Å². The van der Waals surface area contributed by atoms with Crippen LogP contribution in [-0.2, 0) is 0 Å². The molecular weight excluding hydrogens is 295 g/mol. The van der Waals surface area contributed by atoms with Crippen LogP contribution in [-0.4, -0.2) is 4.99 Å². The minimum atomic E-state index is -0.425. The molecule has 0 aromatic heterocycles. The predicted octanol–water partition coefficient (Wildman–Crippen LogP) is 4.29. The summed E-state index contributed by atoms with van der Waals surface area (Å²) < 4.78 is 13.8. The van der Waals surface area contributed by atoms with E-state index in [4.69, 9.17) is 29.6 Å². The number of thiocarbonyl (C=S) groups is 1. The van der Waals surface area contributed by atoms with Crippen molar-refractivity contribution in [1.29, 1.82) is 0 Å². The second-order valence-corrected chi connectivity index (χ2v) is 5.32. The van der Waals surface area contributed by atoms with E-state index in [2.05, 4.69) is 5.32 Å². The smallest absolute Gasteiger partial charge is 0.135 e. The average molecular weight is 309 g/mol. The summed E-state index contributed by atoms with van der Waals surface area (Å²) in [7, 11) is 0. The third kappa shape index (κ3) is 3.26. The molecule has 3 N–H and O–H groups in total. The fourth-order valence-corrected chi connectivity index (χ4v) is 2.30. The first-order valence-electron chi connectivity index (χ1n) is 6.09. The quantitative estimate of drug-likeness (QED) is 0.828. The van der Waals surface area contributed by atoms with Gasteiger partial charge in [0.1, 0.15) is 10.8 Å². The van der Waals surface area contributed by atoms with Gasteiger partial charge in [-0.25, -0.2) is 4.39 Å². The monoisotopic (exact) mass is 308 g/mol. The molecule has 2 nitrogen and oxygen atoms in total. The van der Waals surface area contributed by atoms with Gasteiger partial charge < -0.3 is 11.1 Å². The van der Waals surface area contributed by atoms with E-state index in [1.54, 1.807) is 12.1 Å². The molecule has 0 saturated heterocycles. The van der Waals surface area contributed by atoms with Crippen LogP contribution >= 0.6 is 23.8 Å². The molecule has 1 unspecified atom stereocenters. The maximum absolute atomic E-state index is 13.8. The molecule has 0 aliphatic carbocycles. The van der Waals surface area contributed by atoms with Crippen LogP contribution in [0, 0.1) is 5.82 Å². The predicted molar refractivity (Wildman–Crippen MR) is 85.8 cm³/mol. The molecule has 0 spiro atoms. The number of halogens is 2. The van der Waals surface area contributed by atoms with Crippen LogP contribution in [0.2, 0.25) is 5.02 Å². The molecule has 0 saturated carbocycles. The lowest BCUT2D eigenvalue weighted by atomic mass is 10.1. The molecular formula is C15H14ClFN2S. The van der Waals surface area contributed by atoms with Crippen LogP contribution in [0.1, 0.15) is 24.1 Å². The van der Waals surface area contributed by atoms with Crippen molar-refractivity contribution in [2.24, 2.45) is 5.73 Å². The lowest BCUT2D eigenvalue weighted by Crippen LogP contribution is -2.16. The van der Waals surface area contributed by atoms with Gasteiger partial charge in [0.25, 0.3) is 0 Å². The fourth-order valence-electron chi connectivity index (χ4n) is 1.96. The first-order valence-corrected chi connectivity index (χ1v) is 6.88. The van der Waals surface area contributed by atoms with Crippen molar-refractivity contribution in [2.45, 2.75) is 13.0 Å². The molecule has 20 heavy (non-hydrogen) atoms. The summed E-state index contributed by atoms with van der Waals surface area (Å²) >= 11 is 10.8. The molecule has 0 fully saturated rings. The summed E-state index contributed by atoms with van der Waals surface area (Å²) in [4.78, 5) is 0.0360. The number of benzene rings is 2. The molecule has 5 heteroatoms. The van der Waals surface area contributed by atoms with Gasteiger partial charge >= 0.3 is 0 Å². The molecule has 0 amide bonds. The van der Waals surface area contributed by atoms with E-state index in [-0.39, 0.29) is 16.6 Å². The number of nitrogens with one attached hydrogen (secondary N) is 1. The van der Waals surface area contributed by atoms with Crippen molar-refractivity contribution in [1.82, 2.24) is 0 Å². The zero-order valence-electron chi connectivity index (χ0n) is 10.9. The zero-order valence-corrected chi connectivity index (χ0v) is 12.4. The standard InChI is InChI=1S/C15H14ClFN2S/c1-9(10-5-7-11(16)8-6-10)19-13-4-2-3-12(17)14(13)15(18)20/h2-9,19H,1H3,(H2,18,20). The average Bonchev–Trinajstić information content (AvgIpc) is 2.39. The van der Waals surface area contributed by atoms with Gasteiger partial charge in [-0.1, -0.05) is 42.0 Å². The van der Waals surface area contributed by atoms with Crippen LogP contribution in [0.4, 0.5) is 10.1 Å². The van der Waals surface area contributed by atoms with E-state index in [1.165, 1.54) is 6.07 Å². The van der Waals surface area contributed by atoms with Crippen LogP contribution in [0.25, 0.3) is 0 Å². The van der Waals surface area contributed by atoms with Gasteiger partial charge in [0.2, 0.25) is 0 Å². The van der Waals surface area contributed by atoms with Crippen molar-refractivity contribution < 1.29 is 4.39 Å². The van der Waals surface area contributed by atoms with Crippen molar-refractivity contribution in [2.75, 3.05) is 5.32 Å². The van der Waals surface area contributed by atoms with Gasteiger partial charge in [-0.05, 0) is 36.8 Å². The SMILES string of the molecule is CC(Nc1cccc(F)c1C(N)=S)c1ccc(Cl)cc1. The van der Waals surface area contributed by atoms with Crippen LogP contribution < -0.4 is 11.1 Å². The first kappa shape index (κ1) is 14.8. The summed E-state index contributed by atoms with van der Waals surface area (Å²) in [5.41, 5.74) is 7.44. The topological polar surface area (TPSA) is 38.0 Å². The van der Waals surface area contributed by atoms with Crippen LogP contribution in [0.3, 0.4) is 0 Å². The highest BCUT2D eigenvalue weighted by Crippen LogP contribution is 2.25. The van der Waals surface area contributed by atoms with Crippen LogP contribution in [0.15, 0.2) is 42.5 Å². The van der Waals surface area contributed by atoms with E-state index in [0.29, 0.717) is 10.7 Å². The van der Waals surface area contributed by atoms with E-state index in [1.807, 2.05) is 31.2 Å². The summed E-state index contributed by atoms with van der Waals surface area (Å²) in [6, 6.07) is 12.1. The highest BCUT2D eigenvalue weighted by molar-refractivity contribution is 7.80. The van der Waals surface area contributed by atoms with Crippen molar-refractivity contribution in [3.63, 3.8) is 0 Å². The molecule has 2 aromatic rings. The molecule has 2 rings (SSSR count). The number of rotatable bonds is 4. The molecule has 0 bridgehead atoms. The molecule has 0 aliphatic rings. The molecule has 0 heterocycles. The Morgan fingerprint density at radius 3 is 2.50 bits per heavy atom. The Kier molecular flexibility index (Phi) is 4.57. The number of hydrogen-bond donors (Lipinski definition) is 2. The third-order valence-electron chi connectivity index (χ3n) is 3.00. The Morgan fingerprint density at radius 1 is 1.25 bits per heavy atom. The summed E-state index contributed by atoms with van der Waals surface area (Å²) in [6.45, 7) is 1.97. The van der Waals surface area contributed by atoms with Gasteiger partial charge in [0.15, 0.2) is 0 Å². The Bertz CT molecular complexity index is 628. The number of nitrogens with two attached hydrogens (primary N) is 1. The first-order chi connectivity index (χ1) is 9.49.